The number of rotatable bonds is 10. The van der Waals surface area contributed by atoms with E-state index in [0.717, 1.165) is 11.1 Å². The van der Waals surface area contributed by atoms with Gasteiger partial charge >= 0.3 is 0 Å². The summed E-state index contributed by atoms with van der Waals surface area (Å²) in [5.74, 6) is 0.222. The van der Waals surface area contributed by atoms with Crippen LogP contribution in [0.4, 0.5) is 0 Å². The van der Waals surface area contributed by atoms with Crippen molar-refractivity contribution in [3.63, 3.8) is 0 Å². The van der Waals surface area contributed by atoms with Crippen molar-refractivity contribution in [2.24, 2.45) is 5.10 Å². The van der Waals surface area contributed by atoms with Crippen LogP contribution in [0.3, 0.4) is 0 Å². The molecule has 3 aromatic rings. The lowest BCUT2D eigenvalue weighted by Gasteiger charge is -2.10. The predicted octanol–water partition coefficient (Wildman–Crippen LogP) is 4.17. The molecule has 2 aromatic carbocycles. The van der Waals surface area contributed by atoms with Gasteiger partial charge in [-0.05, 0) is 36.8 Å². The number of nitriles is 1. The maximum Gasteiger partial charge on any atom is 0.278 e. The summed E-state index contributed by atoms with van der Waals surface area (Å²) in [6.45, 7) is 1.98. The molecule has 0 radical (unpaired) electrons. The molecule has 0 spiro atoms. The summed E-state index contributed by atoms with van der Waals surface area (Å²) < 4.78 is 16.4. The first-order valence-corrected chi connectivity index (χ1v) is 10.7. The Labute approximate surface area is 202 Å². The summed E-state index contributed by atoms with van der Waals surface area (Å²) in [5, 5.41) is 14.0. The lowest BCUT2D eigenvalue weighted by molar-refractivity contribution is -0.123. The number of hydrazone groups is 1. The summed E-state index contributed by atoms with van der Waals surface area (Å²) in [7, 11) is 1.53. The quantitative estimate of drug-likeness (QED) is 0.346. The highest BCUT2D eigenvalue weighted by Crippen LogP contribution is 2.21. The Hall–Kier alpha value is -3.93. The van der Waals surface area contributed by atoms with E-state index in [2.05, 4.69) is 15.5 Å². The van der Waals surface area contributed by atoms with Crippen molar-refractivity contribution in [1.29, 1.82) is 5.26 Å². The third-order valence-electron chi connectivity index (χ3n) is 4.56. The van der Waals surface area contributed by atoms with Crippen LogP contribution >= 0.6 is 11.6 Å². The zero-order valence-corrected chi connectivity index (χ0v) is 19.5. The third kappa shape index (κ3) is 7.04. The van der Waals surface area contributed by atoms with Gasteiger partial charge in [0.05, 0.1) is 12.8 Å². The predicted molar refractivity (Wildman–Crippen MR) is 128 cm³/mol. The smallest absolute Gasteiger partial charge is 0.278 e. The molecule has 0 aliphatic heterocycles. The number of amides is 1. The average molecular weight is 479 g/mol. The first kappa shape index (κ1) is 24.7. The van der Waals surface area contributed by atoms with Crippen molar-refractivity contribution in [3.05, 3.63) is 87.6 Å². The molecule has 0 unspecified atom stereocenters. The first-order valence-electron chi connectivity index (χ1n) is 10.3. The SMILES string of the molecule is COCc1cc(C)nc(OCC(=O)N/N=C/c2cccc(OCc3ccccc3Cl)c2)c1C#N. The van der Waals surface area contributed by atoms with E-state index >= 15 is 0 Å². The van der Waals surface area contributed by atoms with Gasteiger partial charge in [-0.3, -0.25) is 4.79 Å². The molecule has 0 saturated heterocycles. The van der Waals surface area contributed by atoms with Gasteiger partial charge in [-0.15, -0.1) is 0 Å². The number of hydrogen-bond acceptors (Lipinski definition) is 7. The summed E-state index contributed by atoms with van der Waals surface area (Å²) >= 11 is 6.15. The van der Waals surface area contributed by atoms with Gasteiger partial charge in [-0.2, -0.15) is 10.4 Å². The van der Waals surface area contributed by atoms with Crippen molar-refractivity contribution < 1.29 is 19.0 Å². The van der Waals surface area contributed by atoms with Crippen molar-refractivity contribution in [3.8, 4) is 17.7 Å². The number of hydrogen-bond donors (Lipinski definition) is 1. The minimum Gasteiger partial charge on any atom is -0.489 e. The van der Waals surface area contributed by atoms with E-state index in [9.17, 15) is 10.1 Å². The van der Waals surface area contributed by atoms with E-state index in [1.165, 1.54) is 13.3 Å². The highest BCUT2D eigenvalue weighted by atomic mass is 35.5. The van der Waals surface area contributed by atoms with Gasteiger partial charge < -0.3 is 14.2 Å². The Kier molecular flexibility index (Phi) is 8.97. The summed E-state index contributed by atoms with van der Waals surface area (Å²) in [5.41, 5.74) is 5.53. The summed E-state index contributed by atoms with van der Waals surface area (Å²) in [4.78, 5) is 16.3. The standard InChI is InChI=1S/C25H23ClN4O4/c1-17-10-20(14-32-2)22(12-27)25(29-17)34-16-24(31)30-28-13-18-6-5-8-21(11-18)33-15-19-7-3-4-9-23(19)26/h3-11,13H,14-16H2,1-2H3,(H,30,31)/b28-13+. The highest BCUT2D eigenvalue weighted by Gasteiger charge is 2.14. The molecule has 0 saturated carbocycles. The largest absolute Gasteiger partial charge is 0.489 e. The lowest BCUT2D eigenvalue weighted by Crippen LogP contribution is -2.25. The second-order valence-electron chi connectivity index (χ2n) is 7.18. The van der Waals surface area contributed by atoms with Crippen LogP contribution in [0.25, 0.3) is 0 Å². The number of methoxy groups -OCH3 is 1. The number of ether oxygens (including phenoxy) is 3. The first-order chi connectivity index (χ1) is 16.5. The topological polar surface area (TPSA) is 106 Å². The minimum atomic E-state index is -0.497. The maximum absolute atomic E-state index is 12.1. The Morgan fingerprint density at radius 3 is 2.74 bits per heavy atom. The molecule has 8 nitrogen and oxygen atoms in total. The maximum atomic E-state index is 12.1. The van der Waals surface area contributed by atoms with E-state index in [-0.39, 0.29) is 24.7 Å². The fourth-order valence-corrected chi connectivity index (χ4v) is 3.20. The third-order valence-corrected chi connectivity index (χ3v) is 4.93. The molecule has 34 heavy (non-hydrogen) atoms. The molecule has 1 amide bonds. The van der Waals surface area contributed by atoms with Crippen molar-refractivity contribution in [1.82, 2.24) is 10.4 Å². The van der Waals surface area contributed by atoms with Crippen molar-refractivity contribution >= 4 is 23.7 Å². The number of halogens is 1. The lowest BCUT2D eigenvalue weighted by atomic mass is 10.1. The number of benzene rings is 2. The number of nitrogens with zero attached hydrogens (tertiary/aromatic N) is 3. The molecule has 0 aliphatic carbocycles. The number of aromatic nitrogens is 1. The van der Waals surface area contributed by atoms with E-state index in [1.54, 1.807) is 19.1 Å². The monoisotopic (exact) mass is 478 g/mol. The number of aryl methyl sites for hydroxylation is 1. The molecule has 0 atom stereocenters. The fraction of sp³-hybridized carbons (Fsp3) is 0.200. The van der Waals surface area contributed by atoms with E-state index in [4.69, 9.17) is 25.8 Å². The Morgan fingerprint density at radius 1 is 1.15 bits per heavy atom. The zero-order valence-electron chi connectivity index (χ0n) is 18.7. The van der Waals surface area contributed by atoms with Crippen LogP contribution in [0.5, 0.6) is 11.6 Å². The van der Waals surface area contributed by atoms with Crippen LogP contribution in [0.15, 0.2) is 59.7 Å². The molecule has 174 valence electrons. The molecule has 1 heterocycles. The van der Waals surface area contributed by atoms with Crippen LogP contribution < -0.4 is 14.9 Å². The molecule has 1 N–H and O–H groups in total. The Bertz CT molecular complexity index is 1220. The van der Waals surface area contributed by atoms with Crippen LogP contribution in [-0.2, 0) is 22.7 Å². The van der Waals surface area contributed by atoms with E-state index in [0.29, 0.717) is 28.6 Å². The normalized spacial score (nSPS) is 10.6. The van der Waals surface area contributed by atoms with E-state index in [1.807, 2.05) is 48.5 Å². The minimum absolute atomic E-state index is 0.0806. The van der Waals surface area contributed by atoms with Crippen molar-refractivity contribution in [2.45, 2.75) is 20.1 Å². The molecule has 9 heteroatoms. The Balaban J connectivity index is 1.54. The van der Waals surface area contributed by atoms with Gasteiger partial charge in [0.1, 0.15) is 24.0 Å². The second-order valence-corrected chi connectivity index (χ2v) is 7.59. The molecule has 1 aromatic heterocycles. The molecule has 3 rings (SSSR count). The van der Waals surface area contributed by atoms with Crippen LogP contribution in [0, 0.1) is 18.3 Å². The fourth-order valence-electron chi connectivity index (χ4n) is 3.01. The van der Waals surface area contributed by atoms with Gasteiger partial charge in [-0.25, -0.2) is 10.4 Å². The van der Waals surface area contributed by atoms with Crippen LogP contribution in [0.1, 0.15) is 27.9 Å². The summed E-state index contributed by atoms with van der Waals surface area (Å²) in [6.07, 6.45) is 1.49. The number of carbonyl (C=O) groups is 1. The van der Waals surface area contributed by atoms with Gasteiger partial charge in [0.2, 0.25) is 5.88 Å². The second kappa shape index (κ2) is 12.3. The van der Waals surface area contributed by atoms with Crippen molar-refractivity contribution in [2.75, 3.05) is 13.7 Å². The van der Waals surface area contributed by atoms with Gasteiger partial charge in [0.25, 0.3) is 5.91 Å². The van der Waals surface area contributed by atoms with Gasteiger partial charge in [-0.1, -0.05) is 41.9 Å². The number of pyridine rings is 1. The van der Waals surface area contributed by atoms with Gasteiger partial charge in [0.15, 0.2) is 6.61 Å². The number of carbonyl (C=O) groups excluding carboxylic acids is 1. The van der Waals surface area contributed by atoms with Gasteiger partial charge in [0, 0.05) is 29.0 Å². The number of nitrogens with one attached hydrogen (secondary N) is 1. The summed E-state index contributed by atoms with van der Waals surface area (Å²) in [6, 6.07) is 18.5. The molecular weight excluding hydrogens is 456 g/mol. The molecule has 0 aliphatic rings. The zero-order chi connectivity index (χ0) is 24.3. The van der Waals surface area contributed by atoms with E-state index < -0.39 is 5.91 Å². The van der Waals surface area contributed by atoms with Crippen LogP contribution in [0.2, 0.25) is 5.02 Å². The van der Waals surface area contributed by atoms with Crippen LogP contribution in [-0.4, -0.2) is 30.8 Å². The molecule has 0 bridgehead atoms. The highest BCUT2D eigenvalue weighted by molar-refractivity contribution is 6.31. The molecular formula is C25H23ClN4O4. The molecule has 0 fully saturated rings. The Morgan fingerprint density at radius 2 is 1.97 bits per heavy atom. The average Bonchev–Trinajstić information content (AvgIpc) is 2.82.